The van der Waals surface area contributed by atoms with E-state index in [0.29, 0.717) is 22.3 Å². The van der Waals surface area contributed by atoms with E-state index in [2.05, 4.69) is 38.8 Å². The van der Waals surface area contributed by atoms with Gasteiger partial charge in [-0.3, -0.25) is 0 Å². The maximum atomic E-state index is 10.4. The molecule has 1 aliphatic carbocycles. The second kappa shape index (κ2) is 5.89. The molecule has 1 aromatic heterocycles. The average Bonchev–Trinajstić information content (AvgIpc) is 2.68. The summed E-state index contributed by atoms with van der Waals surface area (Å²) in [6, 6.07) is 1.87. The van der Waals surface area contributed by atoms with Crippen LogP contribution in [0, 0.1) is 11.8 Å². The van der Waals surface area contributed by atoms with Crippen molar-refractivity contribution in [2.24, 2.45) is 11.8 Å². The summed E-state index contributed by atoms with van der Waals surface area (Å²) in [6.07, 6.45) is 5.54. The van der Waals surface area contributed by atoms with Crippen molar-refractivity contribution in [2.75, 3.05) is 0 Å². The van der Waals surface area contributed by atoms with Gasteiger partial charge >= 0.3 is 0 Å². The molecule has 1 N–H and O–H groups in total. The lowest BCUT2D eigenvalue weighted by molar-refractivity contribution is 0.0292. The molecule has 0 amide bonds. The van der Waals surface area contributed by atoms with Crippen LogP contribution in [0.3, 0.4) is 0 Å². The first kappa shape index (κ1) is 13.6. The molecule has 0 bridgehead atoms. The third-order valence-electron chi connectivity index (χ3n) is 3.85. The average molecular weight is 366 g/mol. The van der Waals surface area contributed by atoms with E-state index in [1.807, 2.05) is 6.07 Å². The molecule has 2 nitrogen and oxygen atoms in total. The highest BCUT2D eigenvalue weighted by molar-refractivity contribution is 9.13. The molecule has 1 saturated carbocycles. The lowest BCUT2D eigenvalue weighted by atomic mass is 9.74. The largest absolute Gasteiger partial charge is 0.450 e. The second-order valence-electron chi connectivity index (χ2n) is 4.83. The molecule has 0 saturated heterocycles. The van der Waals surface area contributed by atoms with Crippen molar-refractivity contribution in [1.29, 1.82) is 0 Å². The zero-order valence-corrected chi connectivity index (χ0v) is 13.1. The molecule has 3 atom stereocenters. The molecule has 0 aliphatic heterocycles. The molecule has 96 valence electrons. The van der Waals surface area contributed by atoms with Gasteiger partial charge in [0.05, 0.1) is 4.47 Å². The van der Waals surface area contributed by atoms with Crippen LogP contribution in [0.15, 0.2) is 19.6 Å². The van der Waals surface area contributed by atoms with E-state index < -0.39 is 6.10 Å². The Bertz CT molecular complexity index is 356. The van der Waals surface area contributed by atoms with Crippen LogP contribution in [0.1, 0.15) is 50.9 Å². The second-order valence-corrected chi connectivity index (χ2v) is 6.41. The topological polar surface area (TPSA) is 33.4 Å². The van der Waals surface area contributed by atoms with Crippen LogP contribution in [0.4, 0.5) is 0 Å². The van der Waals surface area contributed by atoms with Gasteiger partial charge in [0.25, 0.3) is 0 Å². The van der Waals surface area contributed by atoms with Crippen molar-refractivity contribution in [3.63, 3.8) is 0 Å². The van der Waals surface area contributed by atoms with Crippen molar-refractivity contribution in [3.8, 4) is 0 Å². The van der Waals surface area contributed by atoms with Gasteiger partial charge in [-0.2, -0.15) is 0 Å². The first-order chi connectivity index (χ1) is 8.13. The number of aliphatic hydroxyl groups is 1. The van der Waals surface area contributed by atoms with Crippen molar-refractivity contribution in [3.05, 3.63) is 21.0 Å². The van der Waals surface area contributed by atoms with Gasteiger partial charge in [0.1, 0.15) is 11.9 Å². The molecular formula is C13H18Br2O2. The highest BCUT2D eigenvalue weighted by atomic mass is 79.9. The minimum Gasteiger partial charge on any atom is -0.450 e. The maximum absolute atomic E-state index is 10.4. The minimum atomic E-state index is -0.470. The van der Waals surface area contributed by atoms with Gasteiger partial charge in [-0.1, -0.05) is 32.6 Å². The Morgan fingerprint density at radius 1 is 1.41 bits per heavy atom. The van der Waals surface area contributed by atoms with Crippen molar-refractivity contribution in [2.45, 2.75) is 45.1 Å². The highest BCUT2D eigenvalue weighted by Gasteiger charge is 2.32. The molecule has 0 radical (unpaired) electrons. The van der Waals surface area contributed by atoms with Crippen LogP contribution in [0.25, 0.3) is 0 Å². The van der Waals surface area contributed by atoms with E-state index in [-0.39, 0.29) is 0 Å². The number of hydrogen-bond donors (Lipinski definition) is 1. The summed E-state index contributed by atoms with van der Waals surface area (Å²) in [5.41, 5.74) is 0. The van der Waals surface area contributed by atoms with Gasteiger partial charge < -0.3 is 9.52 Å². The van der Waals surface area contributed by atoms with Crippen molar-refractivity contribution >= 4 is 31.9 Å². The van der Waals surface area contributed by atoms with Gasteiger partial charge in [-0.15, -0.1) is 0 Å². The minimum absolute atomic E-state index is 0.346. The van der Waals surface area contributed by atoms with Gasteiger partial charge in [-0.05, 0) is 56.2 Å². The van der Waals surface area contributed by atoms with Crippen molar-refractivity contribution in [1.82, 2.24) is 0 Å². The zero-order chi connectivity index (χ0) is 12.4. The number of rotatable bonds is 3. The number of hydrogen-bond acceptors (Lipinski definition) is 2. The molecule has 0 aromatic carbocycles. The van der Waals surface area contributed by atoms with Gasteiger partial charge in [0.15, 0.2) is 4.67 Å². The van der Waals surface area contributed by atoms with Crippen molar-refractivity contribution < 1.29 is 9.52 Å². The zero-order valence-electron chi connectivity index (χ0n) is 9.96. The van der Waals surface area contributed by atoms with Crippen LogP contribution in [-0.4, -0.2) is 5.11 Å². The van der Waals surface area contributed by atoms with Crippen LogP contribution in [-0.2, 0) is 0 Å². The van der Waals surface area contributed by atoms with Crippen LogP contribution < -0.4 is 0 Å². The Morgan fingerprint density at radius 3 is 2.71 bits per heavy atom. The molecule has 1 fully saturated rings. The molecule has 1 heterocycles. The lowest BCUT2D eigenvalue weighted by Crippen LogP contribution is -2.25. The summed E-state index contributed by atoms with van der Waals surface area (Å²) >= 11 is 6.70. The van der Waals surface area contributed by atoms with E-state index >= 15 is 0 Å². The summed E-state index contributed by atoms with van der Waals surface area (Å²) in [5, 5.41) is 10.4. The first-order valence-electron chi connectivity index (χ1n) is 6.26. The van der Waals surface area contributed by atoms with E-state index in [4.69, 9.17) is 4.42 Å². The first-order valence-corrected chi connectivity index (χ1v) is 7.84. The molecule has 4 heteroatoms. The number of aliphatic hydroxyl groups excluding tert-OH is 1. The summed E-state index contributed by atoms with van der Waals surface area (Å²) in [7, 11) is 0. The summed E-state index contributed by atoms with van der Waals surface area (Å²) in [6.45, 7) is 2.21. The lowest BCUT2D eigenvalue weighted by Gasteiger charge is -2.33. The van der Waals surface area contributed by atoms with Gasteiger partial charge in [-0.25, -0.2) is 0 Å². The third kappa shape index (κ3) is 2.96. The highest BCUT2D eigenvalue weighted by Crippen LogP contribution is 2.42. The quantitative estimate of drug-likeness (QED) is 0.812. The predicted molar refractivity (Wildman–Crippen MR) is 74.8 cm³/mol. The van der Waals surface area contributed by atoms with E-state index in [1.165, 1.54) is 19.3 Å². The Hall–Kier alpha value is 0.200. The Kier molecular flexibility index (Phi) is 4.72. The monoisotopic (exact) mass is 364 g/mol. The molecule has 1 aliphatic rings. The maximum Gasteiger partial charge on any atom is 0.183 e. The van der Waals surface area contributed by atoms with Crippen LogP contribution in [0.2, 0.25) is 0 Å². The van der Waals surface area contributed by atoms with E-state index in [9.17, 15) is 5.11 Å². The normalized spacial score (nSPS) is 27.1. The Morgan fingerprint density at radius 2 is 2.12 bits per heavy atom. The van der Waals surface area contributed by atoms with E-state index in [1.54, 1.807) is 0 Å². The fourth-order valence-corrected chi connectivity index (χ4v) is 3.49. The van der Waals surface area contributed by atoms with E-state index in [0.717, 1.165) is 17.3 Å². The summed E-state index contributed by atoms with van der Waals surface area (Å²) in [4.78, 5) is 0. The smallest absolute Gasteiger partial charge is 0.183 e. The summed E-state index contributed by atoms with van der Waals surface area (Å²) < 4.78 is 7.08. The molecular weight excluding hydrogens is 348 g/mol. The molecule has 0 spiro atoms. The van der Waals surface area contributed by atoms with Crippen LogP contribution >= 0.6 is 31.9 Å². The number of halogens is 2. The molecule has 2 rings (SSSR count). The summed E-state index contributed by atoms with van der Waals surface area (Å²) in [5.74, 6) is 1.65. The fraction of sp³-hybridized carbons (Fsp3) is 0.692. The van der Waals surface area contributed by atoms with Gasteiger partial charge in [0, 0.05) is 0 Å². The molecule has 1 aromatic rings. The SMILES string of the molecule is CCC1CCCCC1C(O)c1cc(Br)c(Br)o1. The van der Waals surface area contributed by atoms with Gasteiger partial charge in [0.2, 0.25) is 0 Å². The molecule has 3 unspecified atom stereocenters. The van der Waals surface area contributed by atoms with Crippen LogP contribution in [0.5, 0.6) is 0 Å². The number of furan rings is 1. The Labute approximate surface area is 119 Å². The fourth-order valence-electron chi connectivity index (χ4n) is 2.88. The Balaban J connectivity index is 2.14. The third-order valence-corrected chi connectivity index (χ3v) is 5.56. The standard InChI is InChI=1S/C13H18Br2O2/c1-2-8-5-3-4-6-9(8)12(16)11-7-10(14)13(15)17-11/h7-9,12,16H,2-6H2,1H3. The predicted octanol–water partition coefficient (Wildman–Crippen LogP) is 5.05. The molecule has 17 heavy (non-hydrogen) atoms.